The molecule has 3 heterocycles. The van der Waals surface area contributed by atoms with Crippen molar-refractivity contribution >= 4 is 11.9 Å². The summed E-state index contributed by atoms with van der Waals surface area (Å²) >= 11 is 0. The van der Waals surface area contributed by atoms with Crippen LogP contribution in [0.1, 0.15) is 32.2 Å². The minimum Gasteiger partial charge on any atom is -0.545 e. The molecular weight excluding hydrogens is 434 g/mol. The molecule has 11 heteroatoms. The van der Waals surface area contributed by atoms with Crippen LogP contribution in [-0.2, 0) is 22.9 Å². The molecule has 0 bridgehead atoms. The SMILES string of the molecule is O.O=C([O-])c1ccc(C(=O)[O-])nc1.OC(O)(c1ccccn1)c1ccccn1.[Cu+2]. The predicted molar refractivity (Wildman–Crippen MR) is 90.2 cm³/mol. The Labute approximate surface area is 175 Å². The average molecular weight is 449 g/mol. The fourth-order valence-corrected chi connectivity index (χ4v) is 1.90. The van der Waals surface area contributed by atoms with Crippen molar-refractivity contribution in [3.63, 3.8) is 0 Å². The van der Waals surface area contributed by atoms with Gasteiger partial charge in [0.1, 0.15) is 11.4 Å². The molecule has 4 N–H and O–H groups in total. The van der Waals surface area contributed by atoms with E-state index in [1.54, 1.807) is 24.3 Å². The molecule has 29 heavy (non-hydrogen) atoms. The summed E-state index contributed by atoms with van der Waals surface area (Å²) in [5.74, 6) is -4.98. The fourth-order valence-electron chi connectivity index (χ4n) is 1.90. The van der Waals surface area contributed by atoms with Crippen LogP contribution in [0.25, 0.3) is 0 Å². The first kappa shape index (κ1) is 25.8. The van der Waals surface area contributed by atoms with Gasteiger partial charge >= 0.3 is 17.1 Å². The summed E-state index contributed by atoms with van der Waals surface area (Å²) in [6.07, 6.45) is 3.90. The van der Waals surface area contributed by atoms with Gasteiger partial charge in [-0.2, -0.15) is 0 Å². The molecule has 3 rings (SSSR count). The second-order valence-corrected chi connectivity index (χ2v) is 5.11. The van der Waals surface area contributed by atoms with E-state index in [2.05, 4.69) is 15.0 Å². The largest absolute Gasteiger partial charge is 2.00 e. The van der Waals surface area contributed by atoms with E-state index in [9.17, 15) is 30.0 Å². The molecule has 3 aromatic rings. The molecule has 0 aliphatic carbocycles. The molecule has 0 saturated carbocycles. The van der Waals surface area contributed by atoms with Crippen LogP contribution in [-0.4, -0.2) is 42.6 Å². The Bertz CT molecular complexity index is 833. The molecule has 0 saturated heterocycles. The average Bonchev–Trinajstić information content (AvgIpc) is 2.70. The normalized spacial score (nSPS) is 9.72. The Morgan fingerprint density at radius 1 is 0.793 bits per heavy atom. The number of carbonyl (C=O) groups excluding carboxylic acids is 2. The van der Waals surface area contributed by atoms with Crippen molar-refractivity contribution in [2.45, 2.75) is 5.79 Å². The number of carboxylic acid groups (broad SMARTS) is 2. The molecule has 10 nitrogen and oxygen atoms in total. The van der Waals surface area contributed by atoms with E-state index in [4.69, 9.17) is 0 Å². The van der Waals surface area contributed by atoms with Crippen LogP contribution in [0, 0.1) is 0 Å². The van der Waals surface area contributed by atoms with Gasteiger partial charge in [-0.1, -0.05) is 12.1 Å². The van der Waals surface area contributed by atoms with Gasteiger partial charge in [0.05, 0.1) is 17.6 Å². The standard InChI is InChI=1S/C11H10N2O2.C7H5NO4.Cu.H2O/c14-11(15,9-5-1-3-7-12-9)10-6-2-4-8-13-10;9-6(10)4-1-2-5(7(11)12)8-3-4;;/h1-8,14-15H;1-3H,(H,9,10)(H,11,12);;1H2/q;;+2;/p-2. The van der Waals surface area contributed by atoms with Crippen molar-refractivity contribution in [3.05, 3.63) is 89.8 Å². The van der Waals surface area contributed by atoms with Crippen LogP contribution in [0.5, 0.6) is 0 Å². The maximum Gasteiger partial charge on any atom is 2.00 e. The summed E-state index contributed by atoms with van der Waals surface area (Å²) in [5, 5.41) is 40.1. The number of hydrogen-bond donors (Lipinski definition) is 2. The summed E-state index contributed by atoms with van der Waals surface area (Å²) < 4.78 is 0. The Balaban J connectivity index is 0.000000518. The summed E-state index contributed by atoms with van der Waals surface area (Å²) in [7, 11) is 0. The quantitative estimate of drug-likeness (QED) is 0.324. The van der Waals surface area contributed by atoms with Crippen LogP contribution in [0.15, 0.2) is 67.1 Å². The number of hydrogen-bond acceptors (Lipinski definition) is 9. The van der Waals surface area contributed by atoms with Crippen molar-refractivity contribution in [2.24, 2.45) is 0 Å². The van der Waals surface area contributed by atoms with E-state index in [1.807, 2.05) is 0 Å². The van der Waals surface area contributed by atoms with Gasteiger partial charge in [0.2, 0.25) is 0 Å². The Kier molecular flexibility index (Phi) is 10.3. The number of carboxylic acids is 2. The van der Waals surface area contributed by atoms with Gasteiger partial charge in [-0.05, 0) is 36.4 Å². The molecule has 3 aromatic heterocycles. The predicted octanol–water partition coefficient (Wildman–Crippen LogP) is -2.36. The van der Waals surface area contributed by atoms with Gasteiger partial charge in [-0.3, -0.25) is 15.0 Å². The first-order valence-electron chi connectivity index (χ1n) is 7.49. The third-order valence-corrected chi connectivity index (χ3v) is 3.25. The molecular formula is C18H15CuN3O7. The van der Waals surface area contributed by atoms with E-state index in [0.29, 0.717) is 0 Å². The molecule has 0 aliphatic heterocycles. The summed E-state index contributed by atoms with van der Waals surface area (Å²) in [5.41, 5.74) is -0.160. The van der Waals surface area contributed by atoms with Gasteiger partial charge in [-0.25, -0.2) is 0 Å². The Morgan fingerprint density at radius 3 is 1.62 bits per heavy atom. The van der Waals surface area contributed by atoms with E-state index in [0.717, 1.165) is 18.3 Å². The van der Waals surface area contributed by atoms with E-state index in [-0.39, 0.29) is 45.2 Å². The van der Waals surface area contributed by atoms with Crippen molar-refractivity contribution in [1.29, 1.82) is 0 Å². The van der Waals surface area contributed by atoms with Crippen molar-refractivity contribution < 1.29 is 52.6 Å². The molecule has 155 valence electrons. The molecule has 0 spiro atoms. The van der Waals surface area contributed by atoms with E-state index < -0.39 is 17.7 Å². The number of carbonyl (C=O) groups is 2. The zero-order valence-electron chi connectivity index (χ0n) is 14.5. The zero-order chi connectivity index (χ0) is 19.9. The maximum absolute atomic E-state index is 10.2. The van der Waals surface area contributed by atoms with E-state index in [1.165, 1.54) is 24.5 Å². The fraction of sp³-hybridized carbons (Fsp3) is 0.0556. The summed E-state index contributed by atoms with van der Waals surface area (Å²) in [4.78, 5) is 31.4. The molecule has 0 unspecified atom stereocenters. The smallest absolute Gasteiger partial charge is 0.545 e. The van der Waals surface area contributed by atoms with Gasteiger partial charge in [0.25, 0.3) is 5.79 Å². The molecule has 1 radical (unpaired) electrons. The topological polar surface area (TPSA) is 191 Å². The number of aliphatic hydroxyl groups is 2. The van der Waals surface area contributed by atoms with Gasteiger partial charge in [0, 0.05) is 24.2 Å². The van der Waals surface area contributed by atoms with Gasteiger partial charge < -0.3 is 35.5 Å². The van der Waals surface area contributed by atoms with Crippen molar-refractivity contribution in [2.75, 3.05) is 0 Å². The van der Waals surface area contributed by atoms with Crippen LogP contribution < -0.4 is 10.2 Å². The van der Waals surface area contributed by atoms with Crippen LogP contribution >= 0.6 is 0 Å². The summed E-state index contributed by atoms with van der Waals surface area (Å²) in [6, 6.07) is 12.0. The monoisotopic (exact) mass is 448 g/mol. The Hall–Kier alpha value is -3.21. The van der Waals surface area contributed by atoms with Gasteiger partial charge in [-0.15, -0.1) is 0 Å². The first-order chi connectivity index (χ1) is 12.8. The third-order valence-electron chi connectivity index (χ3n) is 3.25. The Morgan fingerprint density at radius 2 is 1.31 bits per heavy atom. The second-order valence-electron chi connectivity index (χ2n) is 5.11. The molecule has 0 aliphatic rings. The maximum atomic E-state index is 10.2. The van der Waals surface area contributed by atoms with Crippen LogP contribution in [0.2, 0.25) is 0 Å². The van der Waals surface area contributed by atoms with Crippen molar-refractivity contribution in [3.8, 4) is 0 Å². The minimum atomic E-state index is -2.14. The molecule has 0 fully saturated rings. The van der Waals surface area contributed by atoms with Crippen LogP contribution in [0.3, 0.4) is 0 Å². The third kappa shape index (κ3) is 7.03. The number of aromatic nitrogens is 3. The second kappa shape index (κ2) is 11.6. The van der Waals surface area contributed by atoms with E-state index >= 15 is 0 Å². The number of aromatic carboxylic acids is 2. The zero-order valence-corrected chi connectivity index (χ0v) is 15.5. The van der Waals surface area contributed by atoms with Crippen molar-refractivity contribution in [1.82, 2.24) is 15.0 Å². The number of rotatable bonds is 4. The number of pyridine rings is 3. The molecule has 0 aromatic carbocycles. The summed E-state index contributed by atoms with van der Waals surface area (Å²) in [6.45, 7) is 0. The molecule has 0 amide bonds. The van der Waals surface area contributed by atoms with Gasteiger partial charge in [0.15, 0.2) is 0 Å². The minimum absolute atomic E-state index is 0. The number of nitrogens with zero attached hydrogens (tertiary/aromatic N) is 3. The van der Waals surface area contributed by atoms with Crippen LogP contribution in [0.4, 0.5) is 0 Å². The molecule has 0 atom stereocenters. The first-order valence-corrected chi connectivity index (χ1v) is 7.49.